The van der Waals surface area contributed by atoms with Gasteiger partial charge in [0.05, 0.1) is 18.3 Å². The number of nitrogens with zero attached hydrogens (tertiary/aromatic N) is 1. The summed E-state index contributed by atoms with van der Waals surface area (Å²) in [6.45, 7) is 2.48. The molecule has 7 nitrogen and oxygen atoms in total. The molecule has 0 aliphatic heterocycles. The van der Waals surface area contributed by atoms with E-state index in [-0.39, 0.29) is 18.0 Å². The summed E-state index contributed by atoms with van der Waals surface area (Å²) in [6.07, 6.45) is 2.72. The van der Waals surface area contributed by atoms with E-state index >= 15 is 0 Å². The van der Waals surface area contributed by atoms with Crippen molar-refractivity contribution in [1.29, 1.82) is 0 Å². The lowest BCUT2D eigenvalue weighted by Gasteiger charge is -2.19. The van der Waals surface area contributed by atoms with Crippen molar-refractivity contribution in [2.75, 3.05) is 33.0 Å². The van der Waals surface area contributed by atoms with E-state index in [1.165, 1.54) is 23.5 Å². The fourth-order valence-electron chi connectivity index (χ4n) is 1.92. The molecule has 9 heteroatoms. The van der Waals surface area contributed by atoms with Crippen molar-refractivity contribution in [1.82, 2.24) is 9.03 Å². The monoisotopic (exact) mass is 364 g/mol. The van der Waals surface area contributed by atoms with Crippen LogP contribution in [-0.2, 0) is 20.0 Å². The minimum atomic E-state index is -3.67. The Bertz CT molecular complexity index is 684. The van der Waals surface area contributed by atoms with Crippen LogP contribution in [-0.4, -0.2) is 54.1 Å². The summed E-state index contributed by atoms with van der Waals surface area (Å²) in [5.41, 5.74) is 0. The maximum atomic E-state index is 12.2. The van der Waals surface area contributed by atoms with E-state index in [1.54, 1.807) is 12.1 Å². The summed E-state index contributed by atoms with van der Waals surface area (Å²) in [5, 5.41) is 0. The molecule has 0 aliphatic carbocycles. The molecule has 0 aromatic heterocycles. The Balaban J connectivity index is 2.67. The molecule has 0 heterocycles. The van der Waals surface area contributed by atoms with Crippen LogP contribution in [0.3, 0.4) is 0 Å². The average Bonchev–Trinajstić information content (AvgIpc) is 2.49. The van der Waals surface area contributed by atoms with Crippen LogP contribution >= 0.6 is 0 Å². The third kappa shape index (κ3) is 6.46. The second-order valence-corrected chi connectivity index (χ2v) is 8.84. The SMILES string of the molecule is CCCCN(CCNS(=O)(=O)c1ccc(OC)cc1)S(C)(=O)=O. The zero-order valence-corrected chi connectivity index (χ0v) is 15.3. The highest BCUT2D eigenvalue weighted by Gasteiger charge is 2.18. The van der Waals surface area contributed by atoms with Gasteiger partial charge >= 0.3 is 0 Å². The van der Waals surface area contributed by atoms with Gasteiger partial charge in [0.25, 0.3) is 0 Å². The Labute approximate surface area is 138 Å². The minimum absolute atomic E-state index is 0.0190. The normalized spacial score (nSPS) is 12.5. The molecular weight excluding hydrogens is 340 g/mol. The molecule has 1 aromatic rings. The van der Waals surface area contributed by atoms with Gasteiger partial charge in [-0.05, 0) is 30.7 Å². The van der Waals surface area contributed by atoms with E-state index in [1.807, 2.05) is 6.92 Å². The summed E-state index contributed by atoms with van der Waals surface area (Å²) in [6, 6.07) is 5.98. The molecule has 0 saturated carbocycles. The molecule has 0 fully saturated rings. The lowest BCUT2D eigenvalue weighted by Crippen LogP contribution is -2.38. The Kier molecular flexibility index (Phi) is 7.46. The molecule has 0 radical (unpaired) electrons. The van der Waals surface area contributed by atoms with E-state index in [2.05, 4.69) is 4.72 Å². The van der Waals surface area contributed by atoms with Gasteiger partial charge in [0.15, 0.2) is 0 Å². The Morgan fingerprint density at radius 3 is 2.17 bits per heavy atom. The van der Waals surface area contributed by atoms with Crippen LogP contribution in [0.1, 0.15) is 19.8 Å². The predicted octanol–water partition coefficient (Wildman–Crippen LogP) is 1.04. The summed E-state index contributed by atoms with van der Waals surface area (Å²) < 4.78 is 56.3. The van der Waals surface area contributed by atoms with E-state index in [4.69, 9.17) is 4.74 Å². The zero-order chi connectivity index (χ0) is 17.5. The number of rotatable bonds is 10. The van der Waals surface area contributed by atoms with Crippen molar-refractivity contribution in [3.8, 4) is 5.75 Å². The number of nitrogens with one attached hydrogen (secondary N) is 1. The van der Waals surface area contributed by atoms with E-state index in [0.29, 0.717) is 12.3 Å². The topological polar surface area (TPSA) is 92.8 Å². The second kappa shape index (κ2) is 8.62. The summed E-state index contributed by atoms with van der Waals surface area (Å²) in [5.74, 6) is 0.562. The van der Waals surface area contributed by atoms with Gasteiger partial charge in [-0.15, -0.1) is 0 Å². The second-order valence-electron chi connectivity index (χ2n) is 5.09. The van der Waals surface area contributed by atoms with Crippen molar-refractivity contribution in [3.05, 3.63) is 24.3 Å². The summed E-state index contributed by atoms with van der Waals surface area (Å²) in [4.78, 5) is 0.109. The van der Waals surface area contributed by atoms with Crippen LogP contribution in [0.4, 0.5) is 0 Å². The van der Waals surface area contributed by atoms with Gasteiger partial charge in [-0.1, -0.05) is 13.3 Å². The molecule has 0 saturated heterocycles. The molecule has 132 valence electrons. The lowest BCUT2D eigenvalue weighted by atomic mass is 10.3. The van der Waals surface area contributed by atoms with Crippen molar-refractivity contribution < 1.29 is 21.6 Å². The van der Waals surface area contributed by atoms with Crippen molar-refractivity contribution >= 4 is 20.0 Å². The van der Waals surface area contributed by atoms with Crippen molar-refractivity contribution in [2.45, 2.75) is 24.7 Å². The Hall–Kier alpha value is -1.16. The highest BCUT2D eigenvalue weighted by Crippen LogP contribution is 2.15. The van der Waals surface area contributed by atoms with Crippen LogP contribution < -0.4 is 9.46 Å². The molecule has 0 spiro atoms. The number of methoxy groups -OCH3 is 1. The van der Waals surface area contributed by atoms with Crippen LogP contribution in [0.15, 0.2) is 29.2 Å². The van der Waals surface area contributed by atoms with Crippen LogP contribution in [0.25, 0.3) is 0 Å². The Morgan fingerprint density at radius 2 is 1.70 bits per heavy atom. The lowest BCUT2D eigenvalue weighted by molar-refractivity contribution is 0.408. The first-order valence-corrected chi connectivity index (χ1v) is 10.6. The summed E-state index contributed by atoms with van der Waals surface area (Å²) >= 11 is 0. The molecule has 23 heavy (non-hydrogen) atoms. The molecule has 0 aliphatic rings. The van der Waals surface area contributed by atoms with Crippen LogP contribution in [0.2, 0.25) is 0 Å². The Morgan fingerprint density at radius 1 is 1.09 bits per heavy atom. The predicted molar refractivity (Wildman–Crippen MR) is 89.5 cm³/mol. The first-order chi connectivity index (χ1) is 10.7. The molecule has 0 bridgehead atoms. The van der Waals surface area contributed by atoms with Crippen LogP contribution in [0, 0.1) is 0 Å². The minimum Gasteiger partial charge on any atom is -0.497 e. The van der Waals surface area contributed by atoms with Gasteiger partial charge in [0.2, 0.25) is 20.0 Å². The van der Waals surface area contributed by atoms with Crippen molar-refractivity contribution in [3.63, 3.8) is 0 Å². The van der Waals surface area contributed by atoms with Gasteiger partial charge in [-0.25, -0.2) is 25.9 Å². The molecular formula is C14H24N2O5S2. The van der Waals surface area contributed by atoms with Crippen molar-refractivity contribution in [2.24, 2.45) is 0 Å². The maximum Gasteiger partial charge on any atom is 0.240 e. The standard InChI is InChI=1S/C14H24N2O5S2/c1-4-5-11-16(22(3,17)18)12-10-15-23(19,20)14-8-6-13(21-2)7-9-14/h6-9,15H,4-5,10-12H2,1-3H3. The number of hydrogen-bond acceptors (Lipinski definition) is 5. The maximum absolute atomic E-state index is 12.2. The van der Waals surface area contributed by atoms with Gasteiger partial charge < -0.3 is 4.74 Å². The number of sulfonamides is 2. The van der Waals surface area contributed by atoms with Gasteiger partial charge in [0.1, 0.15) is 5.75 Å². The van der Waals surface area contributed by atoms with Gasteiger partial charge in [-0.3, -0.25) is 0 Å². The molecule has 1 rings (SSSR count). The smallest absolute Gasteiger partial charge is 0.240 e. The zero-order valence-electron chi connectivity index (χ0n) is 13.6. The van der Waals surface area contributed by atoms with Gasteiger partial charge in [-0.2, -0.15) is 0 Å². The largest absolute Gasteiger partial charge is 0.497 e. The average molecular weight is 364 g/mol. The van der Waals surface area contributed by atoms with E-state index < -0.39 is 20.0 Å². The number of unbranched alkanes of at least 4 members (excludes halogenated alkanes) is 1. The number of ether oxygens (including phenoxy) is 1. The summed E-state index contributed by atoms with van der Waals surface area (Å²) in [7, 11) is -5.52. The number of hydrogen-bond donors (Lipinski definition) is 1. The molecule has 0 amide bonds. The third-order valence-electron chi connectivity index (χ3n) is 3.25. The van der Waals surface area contributed by atoms with Gasteiger partial charge in [0, 0.05) is 19.6 Å². The van der Waals surface area contributed by atoms with E-state index in [9.17, 15) is 16.8 Å². The molecule has 1 aromatic carbocycles. The molecule has 0 unspecified atom stereocenters. The highest BCUT2D eigenvalue weighted by atomic mass is 32.2. The van der Waals surface area contributed by atoms with E-state index in [0.717, 1.165) is 19.1 Å². The first kappa shape index (κ1) is 19.9. The quantitative estimate of drug-likeness (QED) is 0.669. The number of benzene rings is 1. The fraction of sp³-hybridized carbons (Fsp3) is 0.571. The molecule has 1 N–H and O–H groups in total. The first-order valence-electron chi connectivity index (χ1n) is 7.29. The highest BCUT2D eigenvalue weighted by molar-refractivity contribution is 7.89. The third-order valence-corrected chi connectivity index (χ3v) is 6.03. The fourth-order valence-corrected chi connectivity index (χ4v) is 3.83. The van der Waals surface area contributed by atoms with Crippen LogP contribution in [0.5, 0.6) is 5.75 Å². The molecule has 0 atom stereocenters.